The van der Waals surface area contributed by atoms with Crippen molar-refractivity contribution in [3.63, 3.8) is 0 Å². The summed E-state index contributed by atoms with van der Waals surface area (Å²) < 4.78 is 18.5. The predicted octanol–water partition coefficient (Wildman–Crippen LogP) is 3.62. The number of carbonyl (C=O) groups is 1. The van der Waals surface area contributed by atoms with Gasteiger partial charge < -0.3 is 4.74 Å². The van der Waals surface area contributed by atoms with E-state index in [1.54, 1.807) is 0 Å². The third-order valence-electron chi connectivity index (χ3n) is 4.86. The summed E-state index contributed by atoms with van der Waals surface area (Å²) in [5.41, 5.74) is 1.33. The number of likely N-dealkylation sites (tertiary alicyclic amines) is 1. The van der Waals surface area contributed by atoms with E-state index in [-0.39, 0.29) is 5.56 Å². The second kappa shape index (κ2) is 6.56. The summed E-state index contributed by atoms with van der Waals surface area (Å²) in [5.74, 6) is -1.13. The smallest absolute Gasteiger partial charge is 0.340 e. The molecule has 0 N–H and O–H groups in total. The number of benzene rings is 1. The number of halogens is 1. The number of ether oxygens (including phenoxy) is 1. The van der Waals surface area contributed by atoms with Crippen LogP contribution in [0.25, 0.3) is 0 Å². The van der Waals surface area contributed by atoms with E-state index in [0.29, 0.717) is 5.41 Å². The third-order valence-corrected chi connectivity index (χ3v) is 4.86. The molecule has 0 aromatic heterocycles. The maximum absolute atomic E-state index is 13.9. The number of carbonyl (C=O) groups excluding carboxylic acids is 1. The first-order valence-corrected chi connectivity index (χ1v) is 7.62. The molecule has 0 atom stereocenters. The first-order valence-electron chi connectivity index (χ1n) is 7.62. The Morgan fingerprint density at radius 2 is 2.10 bits per heavy atom. The molecule has 1 heterocycles. The molecule has 0 spiro atoms. The van der Waals surface area contributed by atoms with Gasteiger partial charge in [0.15, 0.2) is 0 Å². The molecule has 0 saturated carbocycles. The molecule has 1 fully saturated rings. The number of hydrogen-bond donors (Lipinski definition) is 0. The molecule has 1 aromatic rings. The van der Waals surface area contributed by atoms with Crippen molar-refractivity contribution >= 4 is 5.97 Å². The molecule has 0 amide bonds. The van der Waals surface area contributed by atoms with Crippen molar-refractivity contribution in [1.82, 2.24) is 4.90 Å². The molecule has 0 aliphatic carbocycles. The van der Waals surface area contributed by atoms with Crippen LogP contribution in [0.15, 0.2) is 18.2 Å². The Morgan fingerprint density at radius 3 is 2.62 bits per heavy atom. The summed E-state index contributed by atoms with van der Waals surface area (Å²) in [7, 11) is 1.26. The van der Waals surface area contributed by atoms with Gasteiger partial charge in [-0.3, -0.25) is 4.90 Å². The molecule has 0 bridgehead atoms. The first kappa shape index (κ1) is 16.0. The Labute approximate surface area is 126 Å². The van der Waals surface area contributed by atoms with Gasteiger partial charge in [0.2, 0.25) is 0 Å². The van der Waals surface area contributed by atoms with Crippen molar-refractivity contribution in [1.29, 1.82) is 0 Å². The van der Waals surface area contributed by atoms with Crippen LogP contribution in [0.2, 0.25) is 0 Å². The Balaban J connectivity index is 2.05. The number of hydrogen-bond acceptors (Lipinski definition) is 3. The molecule has 4 heteroatoms. The van der Waals surface area contributed by atoms with Gasteiger partial charge in [-0.1, -0.05) is 19.9 Å². The van der Waals surface area contributed by atoms with Gasteiger partial charge in [0.05, 0.1) is 12.7 Å². The summed E-state index contributed by atoms with van der Waals surface area (Å²) in [6, 6.07) is 4.77. The zero-order valence-electron chi connectivity index (χ0n) is 13.1. The average Bonchev–Trinajstić information content (AvgIpc) is 2.90. The average molecular weight is 293 g/mol. The van der Waals surface area contributed by atoms with Crippen LogP contribution in [-0.4, -0.2) is 31.1 Å². The lowest BCUT2D eigenvalue weighted by molar-refractivity contribution is 0.0595. The second-order valence-corrected chi connectivity index (χ2v) is 5.97. The van der Waals surface area contributed by atoms with Crippen LogP contribution >= 0.6 is 0 Å². The fraction of sp³-hybridized carbons (Fsp3) is 0.588. The summed E-state index contributed by atoms with van der Waals surface area (Å²) >= 11 is 0. The lowest BCUT2D eigenvalue weighted by atomic mass is 9.82. The van der Waals surface area contributed by atoms with Crippen LogP contribution < -0.4 is 0 Å². The molecule has 2 rings (SSSR count). The second-order valence-electron chi connectivity index (χ2n) is 5.97. The number of methoxy groups -OCH3 is 1. The summed E-state index contributed by atoms with van der Waals surface area (Å²) in [4.78, 5) is 13.8. The van der Waals surface area contributed by atoms with Crippen molar-refractivity contribution in [2.24, 2.45) is 5.41 Å². The van der Waals surface area contributed by atoms with E-state index in [2.05, 4.69) is 23.5 Å². The minimum Gasteiger partial charge on any atom is -0.465 e. The Morgan fingerprint density at radius 1 is 1.38 bits per heavy atom. The van der Waals surface area contributed by atoms with Gasteiger partial charge in [0.1, 0.15) is 5.82 Å². The van der Waals surface area contributed by atoms with Gasteiger partial charge in [-0.2, -0.15) is 0 Å². The van der Waals surface area contributed by atoms with E-state index in [4.69, 9.17) is 0 Å². The lowest BCUT2D eigenvalue weighted by Gasteiger charge is -2.26. The van der Waals surface area contributed by atoms with E-state index in [1.807, 2.05) is 6.07 Å². The monoisotopic (exact) mass is 293 g/mol. The van der Waals surface area contributed by atoms with Crippen molar-refractivity contribution in [3.8, 4) is 0 Å². The van der Waals surface area contributed by atoms with Gasteiger partial charge in [0, 0.05) is 13.1 Å². The molecule has 1 aliphatic heterocycles. The van der Waals surface area contributed by atoms with Crippen molar-refractivity contribution < 1.29 is 13.9 Å². The molecule has 1 saturated heterocycles. The molecule has 21 heavy (non-hydrogen) atoms. The SMILES string of the molecule is CCC1(CC)CCN(Cc2ccc(C(=O)OC)c(F)c2)C1. The lowest BCUT2D eigenvalue weighted by Crippen LogP contribution is -2.26. The molecule has 1 aromatic carbocycles. The van der Waals surface area contributed by atoms with Crippen molar-refractivity contribution in [2.45, 2.75) is 39.7 Å². The molecule has 3 nitrogen and oxygen atoms in total. The third kappa shape index (κ3) is 3.43. The molecular weight excluding hydrogens is 269 g/mol. The summed E-state index contributed by atoms with van der Waals surface area (Å²) in [5, 5.41) is 0. The highest BCUT2D eigenvalue weighted by Crippen LogP contribution is 2.37. The van der Waals surface area contributed by atoms with Gasteiger partial charge in [-0.15, -0.1) is 0 Å². The number of esters is 1. The summed E-state index contributed by atoms with van der Waals surface area (Å²) in [6.45, 7) is 7.36. The number of nitrogens with zero attached hydrogens (tertiary/aromatic N) is 1. The van der Waals surface area contributed by atoms with Crippen LogP contribution in [0.4, 0.5) is 4.39 Å². The molecule has 116 valence electrons. The normalized spacial score (nSPS) is 17.9. The Hall–Kier alpha value is -1.42. The van der Waals surface area contributed by atoms with Gasteiger partial charge in [0.25, 0.3) is 0 Å². The van der Waals surface area contributed by atoms with Crippen LogP contribution in [-0.2, 0) is 11.3 Å². The molecule has 0 radical (unpaired) electrons. The minimum absolute atomic E-state index is 0.000801. The van der Waals surface area contributed by atoms with Crippen molar-refractivity contribution in [3.05, 3.63) is 35.1 Å². The maximum atomic E-state index is 13.9. The highest BCUT2D eigenvalue weighted by Gasteiger charge is 2.34. The largest absolute Gasteiger partial charge is 0.465 e. The zero-order valence-corrected chi connectivity index (χ0v) is 13.1. The van der Waals surface area contributed by atoms with Crippen molar-refractivity contribution in [2.75, 3.05) is 20.2 Å². The molecule has 1 aliphatic rings. The molecular formula is C17H24FNO2. The van der Waals surface area contributed by atoms with Crippen LogP contribution in [0, 0.1) is 11.2 Å². The van der Waals surface area contributed by atoms with E-state index in [1.165, 1.54) is 38.5 Å². The quantitative estimate of drug-likeness (QED) is 0.777. The predicted molar refractivity (Wildman–Crippen MR) is 80.6 cm³/mol. The van der Waals surface area contributed by atoms with Crippen LogP contribution in [0.3, 0.4) is 0 Å². The highest BCUT2D eigenvalue weighted by atomic mass is 19.1. The zero-order chi connectivity index (χ0) is 15.5. The standard InChI is InChI=1S/C17H24FNO2/c1-4-17(5-2)8-9-19(12-17)11-13-6-7-14(15(18)10-13)16(20)21-3/h6-7,10H,4-5,8-9,11-12H2,1-3H3. The summed E-state index contributed by atoms with van der Waals surface area (Å²) in [6.07, 6.45) is 3.59. The van der Waals surface area contributed by atoms with E-state index in [9.17, 15) is 9.18 Å². The van der Waals surface area contributed by atoms with Crippen LogP contribution in [0.1, 0.15) is 49.0 Å². The minimum atomic E-state index is -0.629. The highest BCUT2D eigenvalue weighted by molar-refractivity contribution is 5.89. The fourth-order valence-electron chi connectivity index (χ4n) is 3.18. The first-order chi connectivity index (χ1) is 10.0. The molecule has 0 unspecified atom stereocenters. The fourth-order valence-corrected chi connectivity index (χ4v) is 3.18. The number of rotatable bonds is 5. The van der Waals surface area contributed by atoms with Gasteiger partial charge >= 0.3 is 5.97 Å². The maximum Gasteiger partial charge on any atom is 0.340 e. The Kier molecular flexibility index (Phi) is 4.99. The van der Waals surface area contributed by atoms with E-state index < -0.39 is 11.8 Å². The van der Waals surface area contributed by atoms with Gasteiger partial charge in [-0.25, -0.2) is 9.18 Å². The van der Waals surface area contributed by atoms with Crippen LogP contribution in [0.5, 0.6) is 0 Å². The Bertz CT molecular complexity index is 512. The van der Waals surface area contributed by atoms with Gasteiger partial charge in [-0.05, 0) is 48.9 Å². The van der Waals surface area contributed by atoms with E-state index in [0.717, 1.165) is 25.2 Å². The van der Waals surface area contributed by atoms with E-state index >= 15 is 0 Å². The topological polar surface area (TPSA) is 29.5 Å².